The van der Waals surface area contributed by atoms with Gasteiger partial charge in [0.25, 0.3) is 0 Å². The molecule has 29 heavy (non-hydrogen) atoms. The molecule has 0 fully saturated rings. The molecule has 0 aliphatic heterocycles. The first-order valence-electron chi connectivity index (χ1n) is 9.17. The zero-order chi connectivity index (χ0) is 21.1. The van der Waals surface area contributed by atoms with Crippen molar-refractivity contribution in [1.82, 2.24) is 5.32 Å². The lowest BCUT2D eigenvalue weighted by atomic mass is 10.1. The minimum absolute atomic E-state index is 0.0527. The molecule has 1 atom stereocenters. The molecule has 0 radical (unpaired) electrons. The third kappa shape index (κ3) is 7.84. The van der Waals surface area contributed by atoms with Gasteiger partial charge in [0.1, 0.15) is 6.04 Å². The van der Waals surface area contributed by atoms with Gasteiger partial charge in [-0.2, -0.15) is 5.10 Å². The predicted octanol–water partition coefficient (Wildman–Crippen LogP) is 1.90. The van der Waals surface area contributed by atoms with Crippen LogP contribution in [0.15, 0.2) is 59.7 Å². The second-order valence-electron chi connectivity index (χ2n) is 6.43. The summed E-state index contributed by atoms with van der Waals surface area (Å²) in [5, 5.41) is 17.9. The van der Waals surface area contributed by atoms with Gasteiger partial charge in [0.05, 0.1) is 6.21 Å². The Morgan fingerprint density at radius 3 is 2.28 bits per heavy atom. The number of hydrogen-bond donors (Lipinski definition) is 4. The van der Waals surface area contributed by atoms with E-state index in [0.29, 0.717) is 12.1 Å². The largest absolute Gasteiger partial charge is 0.480 e. The number of carboxylic acids is 1. The first-order valence-corrected chi connectivity index (χ1v) is 9.17. The molecule has 5 N–H and O–H groups in total. The standard InChI is InChI=1S/C21H24N4O4/c22-23-14-16-6-9-17(10-7-16)24-19(26)12-13-20(27)25-18(21(28)29)11-8-15-4-2-1-3-5-15/h1-7,9-10,14,18H,8,11-13,22H2,(H,24,26)(H,25,27)(H,28,29). The second-order valence-corrected chi connectivity index (χ2v) is 6.43. The molecule has 8 heteroatoms. The van der Waals surface area contributed by atoms with Crippen molar-refractivity contribution in [3.05, 3.63) is 65.7 Å². The van der Waals surface area contributed by atoms with Crippen molar-refractivity contribution in [3.63, 3.8) is 0 Å². The summed E-state index contributed by atoms with van der Waals surface area (Å²) in [6.45, 7) is 0. The number of anilines is 1. The molecule has 0 aliphatic rings. The minimum Gasteiger partial charge on any atom is -0.480 e. The van der Waals surface area contributed by atoms with Crippen molar-refractivity contribution in [1.29, 1.82) is 0 Å². The number of carboxylic acid groups (broad SMARTS) is 1. The minimum atomic E-state index is -1.10. The maximum absolute atomic E-state index is 12.1. The summed E-state index contributed by atoms with van der Waals surface area (Å²) in [6, 6.07) is 15.3. The zero-order valence-electron chi connectivity index (χ0n) is 15.9. The average molecular weight is 396 g/mol. The van der Waals surface area contributed by atoms with E-state index in [1.807, 2.05) is 30.3 Å². The van der Waals surface area contributed by atoms with Gasteiger partial charge in [0, 0.05) is 18.5 Å². The lowest BCUT2D eigenvalue weighted by Crippen LogP contribution is -2.41. The van der Waals surface area contributed by atoms with Gasteiger partial charge in [-0.05, 0) is 36.1 Å². The van der Waals surface area contributed by atoms with E-state index in [9.17, 15) is 19.5 Å². The molecule has 2 amide bonds. The Morgan fingerprint density at radius 2 is 1.66 bits per heavy atom. The fraction of sp³-hybridized carbons (Fsp3) is 0.238. The summed E-state index contributed by atoms with van der Waals surface area (Å²) < 4.78 is 0. The highest BCUT2D eigenvalue weighted by atomic mass is 16.4. The van der Waals surface area contributed by atoms with Crippen LogP contribution in [0.1, 0.15) is 30.4 Å². The number of hydrogen-bond acceptors (Lipinski definition) is 5. The summed E-state index contributed by atoms with van der Waals surface area (Å²) in [4.78, 5) is 35.5. The molecular formula is C21H24N4O4. The van der Waals surface area contributed by atoms with Crippen LogP contribution in [0.3, 0.4) is 0 Å². The number of rotatable bonds is 10. The number of nitrogens with zero attached hydrogens (tertiary/aromatic N) is 1. The molecular weight excluding hydrogens is 372 g/mol. The molecule has 1 unspecified atom stereocenters. The Balaban J connectivity index is 1.77. The molecule has 2 aromatic rings. The predicted molar refractivity (Wildman–Crippen MR) is 110 cm³/mol. The van der Waals surface area contributed by atoms with Gasteiger partial charge >= 0.3 is 5.97 Å². The van der Waals surface area contributed by atoms with E-state index < -0.39 is 17.9 Å². The van der Waals surface area contributed by atoms with Gasteiger partial charge in [0.15, 0.2) is 0 Å². The highest BCUT2D eigenvalue weighted by Gasteiger charge is 2.20. The molecule has 0 aromatic heterocycles. The van der Waals surface area contributed by atoms with Gasteiger partial charge < -0.3 is 21.6 Å². The Hall–Kier alpha value is -3.68. The van der Waals surface area contributed by atoms with Crippen molar-refractivity contribution >= 4 is 29.7 Å². The Bertz CT molecular complexity index is 851. The number of nitrogens with two attached hydrogens (primary N) is 1. The van der Waals surface area contributed by atoms with E-state index >= 15 is 0 Å². The molecule has 8 nitrogen and oxygen atoms in total. The number of carbonyl (C=O) groups is 3. The smallest absolute Gasteiger partial charge is 0.326 e. The quantitative estimate of drug-likeness (QED) is 0.276. The molecule has 152 valence electrons. The normalized spacial score (nSPS) is 11.7. The fourth-order valence-electron chi connectivity index (χ4n) is 2.67. The lowest BCUT2D eigenvalue weighted by Gasteiger charge is -2.14. The fourth-order valence-corrected chi connectivity index (χ4v) is 2.67. The number of amides is 2. The van der Waals surface area contributed by atoms with E-state index in [1.165, 1.54) is 6.21 Å². The highest BCUT2D eigenvalue weighted by Crippen LogP contribution is 2.10. The molecule has 0 saturated carbocycles. The van der Waals surface area contributed by atoms with E-state index in [1.54, 1.807) is 24.3 Å². The van der Waals surface area contributed by atoms with Crippen LogP contribution in [-0.4, -0.2) is 35.1 Å². The molecule has 0 bridgehead atoms. The van der Waals surface area contributed by atoms with Crippen molar-refractivity contribution in [3.8, 4) is 0 Å². The summed E-state index contributed by atoms with van der Waals surface area (Å²) in [5.74, 6) is 3.16. The summed E-state index contributed by atoms with van der Waals surface area (Å²) in [7, 11) is 0. The van der Waals surface area contributed by atoms with Gasteiger partial charge in [-0.25, -0.2) is 4.79 Å². The van der Waals surface area contributed by atoms with Crippen LogP contribution >= 0.6 is 0 Å². The second kappa shape index (κ2) is 11.2. The lowest BCUT2D eigenvalue weighted by molar-refractivity contribution is -0.142. The molecule has 2 rings (SSSR count). The number of hydrazone groups is 1. The number of aliphatic carboxylic acids is 1. The SMILES string of the molecule is NN=Cc1ccc(NC(=O)CCC(=O)NC(CCc2ccccc2)C(=O)O)cc1. The third-order valence-electron chi connectivity index (χ3n) is 4.19. The molecule has 0 heterocycles. The topological polar surface area (TPSA) is 134 Å². The van der Waals surface area contributed by atoms with Gasteiger partial charge in [0.2, 0.25) is 11.8 Å². The van der Waals surface area contributed by atoms with Crippen LogP contribution in [-0.2, 0) is 20.8 Å². The summed E-state index contributed by atoms with van der Waals surface area (Å²) in [5.41, 5.74) is 2.37. The van der Waals surface area contributed by atoms with Gasteiger partial charge in [-0.15, -0.1) is 0 Å². The highest BCUT2D eigenvalue weighted by molar-refractivity contribution is 5.94. The third-order valence-corrected chi connectivity index (χ3v) is 4.19. The van der Waals surface area contributed by atoms with Crippen LogP contribution < -0.4 is 16.5 Å². The number of nitrogens with one attached hydrogen (secondary N) is 2. The Labute approximate surface area is 168 Å². The van der Waals surface area contributed by atoms with Crippen molar-refractivity contribution in [2.45, 2.75) is 31.7 Å². The zero-order valence-corrected chi connectivity index (χ0v) is 15.9. The van der Waals surface area contributed by atoms with Crippen molar-refractivity contribution in [2.75, 3.05) is 5.32 Å². The van der Waals surface area contributed by atoms with Crippen LogP contribution in [0.5, 0.6) is 0 Å². The van der Waals surface area contributed by atoms with E-state index in [-0.39, 0.29) is 25.2 Å². The van der Waals surface area contributed by atoms with Gasteiger partial charge in [-0.1, -0.05) is 42.5 Å². The molecule has 2 aromatic carbocycles. The molecule has 0 spiro atoms. The van der Waals surface area contributed by atoms with Crippen LogP contribution in [0.25, 0.3) is 0 Å². The first-order chi connectivity index (χ1) is 14.0. The Morgan fingerprint density at radius 1 is 1.00 bits per heavy atom. The molecule has 0 saturated heterocycles. The van der Waals surface area contributed by atoms with Crippen LogP contribution in [0.4, 0.5) is 5.69 Å². The van der Waals surface area contributed by atoms with Gasteiger partial charge in [-0.3, -0.25) is 9.59 Å². The van der Waals surface area contributed by atoms with Crippen LogP contribution in [0, 0.1) is 0 Å². The first kappa shape index (κ1) is 21.6. The maximum Gasteiger partial charge on any atom is 0.326 e. The number of aryl methyl sites for hydroxylation is 1. The number of benzene rings is 2. The summed E-state index contributed by atoms with van der Waals surface area (Å²) in [6.07, 6.45) is 2.13. The maximum atomic E-state index is 12.1. The average Bonchev–Trinajstić information content (AvgIpc) is 2.72. The van der Waals surface area contributed by atoms with Crippen molar-refractivity contribution < 1.29 is 19.5 Å². The molecule has 0 aliphatic carbocycles. The van der Waals surface area contributed by atoms with Crippen molar-refractivity contribution in [2.24, 2.45) is 10.9 Å². The van der Waals surface area contributed by atoms with E-state index in [4.69, 9.17) is 5.84 Å². The number of carbonyl (C=O) groups excluding carboxylic acids is 2. The van der Waals surface area contributed by atoms with E-state index in [2.05, 4.69) is 15.7 Å². The van der Waals surface area contributed by atoms with Crippen LogP contribution in [0.2, 0.25) is 0 Å². The summed E-state index contributed by atoms with van der Waals surface area (Å²) >= 11 is 0. The Kier molecular flexibility index (Phi) is 8.37. The van der Waals surface area contributed by atoms with E-state index in [0.717, 1.165) is 11.1 Å². The monoisotopic (exact) mass is 396 g/mol.